The number of halogens is 1. The number of ether oxygens (including phenoxy) is 1. The normalized spacial score (nSPS) is 10.5. The Morgan fingerprint density at radius 1 is 1.36 bits per heavy atom. The zero-order chi connectivity index (χ0) is 20.1. The van der Waals surface area contributed by atoms with Gasteiger partial charge < -0.3 is 15.4 Å². The number of hydrogen-bond donors (Lipinski definition) is 2. The van der Waals surface area contributed by atoms with E-state index in [1.165, 1.54) is 18.4 Å². The van der Waals surface area contributed by atoms with Crippen molar-refractivity contribution < 1.29 is 9.53 Å². The van der Waals surface area contributed by atoms with E-state index in [0.29, 0.717) is 27.2 Å². The van der Waals surface area contributed by atoms with Crippen LogP contribution in [0.15, 0.2) is 42.7 Å². The molecule has 0 aliphatic heterocycles. The number of carbonyl (C=O) groups is 1. The van der Waals surface area contributed by atoms with Crippen molar-refractivity contribution in [3.63, 3.8) is 0 Å². The van der Waals surface area contributed by atoms with Crippen molar-refractivity contribution >= 4 is 56.9 Å². The summed E-state index contributed by atoms with van der Waals surface area (Å²) >= 11 is 12.8. The fourth-order valence-corrected chi connectivity index (χ4v) is 4.02. The fourth-order valence-electron chi connectivity index (χ4n) is 2.60. The molecule has 0 aliphatic rings. The first-order chi connectivity index (χ1) is 13.5. The molecule has 146 valence electrons. The zero-order valence-corrected chi connectivity index (χ0v) is 17.7. The van der Waals surface area contributed by atoms with Crippen molar-refractivity contribution in [3.05, 3.63) is 63.8 Å². The molecule has 28 heavy (non-hydrogen) atoms. The minimum Gasteiger partial charge on any atom is -0.465 e. The molecule has 0 aliphatic carbocycles. The molecule has 9 heteroatoms. The highest BCUT2D eigenvalue weighted by Crippen LogP contribution is 2.29. The molecule has 2 heterocycles. The van der Waals surface area contributed by atoms with Crippen molar-refractivity contribution in [2.75, 3.05) is 17.7 Å². The molecule has 0 unspecified atom stereocenters. The molecule has 2 N–H and O–H groups in total. The quantitative estimate of drug-likeness (QED) is 0.429. The van der Waals surface area contributed by atoms with E-state index in [9.17, 15) is 4.79 Å². The van der Waals surface area contributed by atoms with Gasteiger partial charge in [0.25, 0.3) is 0 Å². The maximum atomic E-state index is 12.0. The van der Waals surface area contributed by atoms with Crippen LogP contribution in [0, 0.1) is 0 Å². The third kappa shape index (κ3) is 5.09. The first kappa shape index (κ1) is 20.3. The number of anilines is 2. The highest BCUT2D eigenvalue weighted by molar-refractivity contribution is 7.80. The predicted octanol–water partition coefficient (Wildman–Crippen LogP) is 4.80. The van der Waals surface area contributed by atoms with Crippen LogP contribution in [-0.2, 0) is 17.7 Å². The summed E-state index contributed by atoms with van der Waals surface area (Å²) in [5, 5.41) is 12.1. The number of aromatic nitrogens is 2. The standard InChI is InChI=1S/C19H19ClN4O2S2/c1-3-15-8-16(18(25)26-2)17(28-15)23-19(27)22-14-6-4-5-12(7-14)10-24-11-13(20)9-21-24/h4-9,11H,3,10H2,1-2H3,(H2,22,23,27). The zero-order valence-electron chi connectivity index (χ0n) is 15.4. The largest absolute Gasteiger partial charge is 0.465 e. The van der Waals surface area contributed by atoms with Crippen LogP contribution in [0.25, 0.3) is 0 Å². The lowest BCUT2D eigenvalue weighted by Gasteiger charge is -2.11. The number of aryl methyl sites for hydroxylation is 1. The Morgan fingerprint density at radius 3 is 2.86 bits per heavy atom. The van der Waals surface area contributed by atoms with E-state index >= 15 is 0 Å². The fraction of sp³-hybridized carbons (Fsp3) is 0.211. The van der Waals surface area contributed by atoms with E-state index in [1.807, 2.05) is 37.3 Å². The number of benzene rings is 1. The molecule has 0 saturated carbocycles. The topological polar surface area (TPSA) is 68.2 Å². The minimum absolute atomic E-state index is 0.388. The van der Waals surface area contributed by atoms with Gasteiger partial charge in [-0.05, 0) is 42.4 Å². The van der Waals surface area contributed by atoms with Crippen LogP contribution in [0.2, 0.25) is 5.02 Å². The minimum atomic E-state index is -0.388. The summed E-state index contributed by atoms with van der Waals surface area (Å²) in [5.41, 5.74) is 2.37. The number of nitrogens with one attached hydrogen (secondary N) is 2. The van der Waals surface area contributed by atoms with Crippen LogP contribution < -0.4 is 10.6 Å². The molecule has 1 aromatic carbocycles. The number of thiocarbonyl (C=S) groups is 1. The van der Waals surface area contributed by atoms with Gasteiger partial charge in [-0.3, -0.25) is 4.68 Å². The first-order valence-corrected chi connectivity index (χ1v) is 10.1. The predicted molar refractivity (Wildman–Crippen MR) is 118 cm³/mol. The molecule has 0 saturated heterocycles. The number of rotatable bonds is 6. The summed E-state index contributed by atoms with van der Waals surface area (Å²) in [4.78, 5) is 13.1. The molecule has 3 rings (SSSR count). The van der Waals surface area contributed by atoms with Crippen molar-refractivity contribution in [2.24, 2.45) is 0 Å². The molecule has 6 nitrogen and oxygen atoms in total. The van der Waals surface area contributed by atoms with E-state index in [2.05, 4.69) is 15.7 Å². The molecular weight excluding hydrogens is 416 g/mol. The van der Waals surface area contributed by atoms with Crippen molar-refractivity contribution in [3.8, 4) is 0 Å². The number of esters is 1. The lowest BCUT2D eigenvalue weighted by Crippen LogP contribution is -2.20. The highest BCUT2D eigenvalue weighted by Gasteiger charge is 2.17. The van der Waals surface area contributed by atoms with Gasteiger partial charge >= 0.3 is 5.97 Å². The van der Waals surface area contributed by atoms with Gasteiger partial charge in [-0.15, -0.1) is 11.3 Å². The van der Waals surface area contributed by atoms with Gasteiger partial charge in [0.15, 0.2) is 5.11 Å². The van der Waals surface area contributed by atoms with E-state index in [0.717, 1.165) is 22.5 Å². The average molecular weight is 435 g/mol. The molecule has 2 aromatic heterocycles. The Labute approximate surface area is 177 Å². The van der Waals surface area contributed by atoms with E-state index in [4.69, 9.17) is 28.6 Å². The van der Waals surface area contributed by atoms with Gasteiger partial charge in [0.2, 0.25) is 0 Å². The maximum absolute atomic E-state index is 12.0. The van der Waals surface area contributed by atoms with Crippen LogP contribution in [0.5, 0.6) is 0 Å². The lowest BCUT2D eigenvalue weighted by atomic mass is 10.2. The second-order valence-corrected chi connectivity index (χ2v) is 7.92. The lowest BCUT2D eigenvalue weighted by molar-refractivity contribution is 0.0602. The van der Waals surface area contributed by atoms with E-state index in [-0.39, 0.29) is 5.97 Å². The molecular formula is C19H19ClN4O2S2. The summed E-state index contributed by atoms with van der Waals surface area (Å²) in [6, 6.07) is 9.67. The van der Waals surface area contributed by atoms with Crippen LogP contribution in [0.1, 0.15) is 27.7 Å². The molecule has 0 radical (unpaired) electrons. The van der Waals surface area contributed by atoms with Gasteiger partial charge in [-0.25, -0.2) is 4.79 Å². The van der Waals surface area contributed by atoms with Crippen molar-refractivity contribution in [1.29, 1.82) is 0 Å². The Bertz CT molecular complexity index is 999. The van der Waals surface area contributed by atoms with Crippen LogP contribution in [-0.4, -0.2) is 28.0 Å². The Balaban J connectivity index is 1.69. The van der Waals surface area contributed by atoms with Gasteiger partial charge in [0, 0.05) is 16.8 Å². The van der Waals surface area contributed by atoms with Gasteiger partial charge in [0.1, 0.15) is 5.00 Å². The number of carbonyl (C=O) groups excluding carboxylic acids is 1. The molecule has 0 amide bonds. The van der Waals surface area contributed by atoms with E-state index in [1.54, 1.807) is 17.1 Å². The number of nitrogens with zero attached hydrogens (tertiary/aromatic N) is 2. The van der Waals surface area contributed by atoms with Crippen molar-refractivity contribution in [2.45, 2.75) is 19.9 Å². The SMILES string of the molecule is CCc1cc(C(=O)OC)c(NC(=S)Nc2cccc(Cn3cc(Cl)cn3)c2)s1. The summed E-state index contributed by atoms with van der Waals surface area (Å²) in [7, 11) is 1.37. The smallest absolute Gasteiger partial charge is 0.340 e. The third-order valence-corrected chi connectivity index (χ3v) is 5.49. The Morgan fingerprint density at radius 2 is 2.18 bits per heavy atom. The van der Waals surface area contributed by atoms with Gasteiger partial charge in [-0.1, -0.05) is 30.7 Å². The molecule has 0 bridgehead atoms. The summed E-state index contributed by atoms with van der Waals surface area (Å²) in [6.07, 6.45) is 4.20. The Hall–Kier alpha value is -2.42. The van der Waals surface area contributed by atoms with Crippen LogP contribution >= 0.6 is 35.2 Å². The highest BCUT2D eigenvalue weighted by atomic mass is 35.5. The summed E-state index contributed by atoms with van der Waals surface area (Å²) in [5.74, 6) is -0.388. The summed E-state index contributed by atoms with van der Waals surface area (Å²) in [6.45, 7) is 2.63. The second kappa shape index (κ2) is 9.18. The van der Waals surface area contributed by atoms with E-state index < -0.39 is 0 Å². The number of methoxy groups -OCH3 is 1. The monoisotopic (exact) mass is 434 g/mol. The third-order valence-electron chi connectivity index (χ3n) is 3.90. The summed E-state index contributed by atoms with van der Waals surface area (Å²) < 4.78 is 6.62. The molecule has 3 aromatic rings. The van der Waals surface area contributed by atoms with Crippen molar-refractivity contribution in [1.82, 2.24) is 9.78 Å². The van der Waals surface area contributed by atoms with Gasteiger partial charge in [-0.2, -0.15) is 5.10 Å². The molecule has 0 atom stereocenters. The molecule has 0 fully saturated rings. The van der Waals surface area contributed by atoms with Gasteiger partial charge in [0.05, 0.1) is 30.4 Å². The maximum Gasteiger partial charge on any atom is 0.340 e. The van der Waals surface area contributed by atoms with Crippen LogP contribution in [0.3, 0.4) is 0 Å². The molecule has 0 spiro atoms. The number of thiophene rings is 1. The second-order valence-electron chi connectivity index (χ2n) is 5.94. The average Bonchev–Trinajstić information content (AvgIpc) is 3.27. The first-order valence-electron chi connectivity index (χ1n) is 8.54. The Kier molecular flexibility index (Phi) is 6.66. The number of hydrogen-bond acceptors (Lipinski definition) is 5. The van der Waals surface area contributed by atoms with Crippen LogP contribution in [0.4, 0.5) is 10.7 Å².